The number of benzene rings is 1. The van der Waals surface area contributed by atoms with Crippen molar-refractivity contribution in [3.05, 3.63) is 70.7 Å². The molecule has 0 bridgehead atoms. The number of rotatable bonds is 4. The summed E-state index contributed by atoms with van der Waals surface area (Å²) in [5.41, 5.74) is 1.96. The number of fused-ring (bicyclic) bond motifs is 3. The number of aryl methyl sites for hydroxylation is 1. The van der Waals surface area contributed by atoms with Gasteiger partial charge in [-0.25, -0.2) is 9.88 Å². The zero-order chi connectivity index (χ0) is 28.8. The molecule has 1 N–H and O–H groups in total. The number of halogens is 3. The Morgan fingerprint density at radius 2 is 1.80 bits per heavy atom. The molecule has 13 heteroatoms. The summed E-state index contributed by atoms with van der Waals surface area (Å²) in [4.78, 5) is 56.7. The van der Waals surface area contributed by atoms with Crippen LogP contribution in [-0.4, -0.2) is 51.6 Å². The lowest BCUT2D eigenvalue weighted by molar-refractivity contribution is -0.137. The second-order valence-electron chi connectivity index (χ2n) is 9.15. The maximum atomic E-state index is 13.1. The smallest absolute Gasteiger partial charge is 0.321 e. The minimum atomic E-state index is -4.60. The number of aliphatic imine (C=N–C) groups is 1. The van der Waals surface area contributed by atoms with Crippen LogP contribution in [0.1, 0.15) is 46.6 Å². The number of pyridine rings is 1. The molecule has 0 fully saturated rings. The summed E-state index contributed by atoms with van der Waals surface area (Å²) >= 11 is 0. The summed E-state index contributed by atoms with van der Waals surface area (Å²) in [7, 11) is 0. The van der Waals surface area contributed by atoms with Gasteiger partial charge in [-0.1, -0.05) is 6.07 Å². The van der Waals surface area contributed by atoms with Crippen LogP contribution in [-0.2, 0) is 15.8 Å². The predicted octanol–water partition coefficient (Wildman–Crippen LogP) is 4.12. The van der Waals surface area contributed by atoms with E-state index in [-0.39, 0.29) is 11.6 Å². The lowest BCUT2D eigenvalue weighted by atomic mass is 9.94. The largest absolute Gasteiger partial charge is 0.416 e. The van der Waals surface area contributed by atoms with E-state index in [0.717, 1.165) is 33.9 Å². The zero-order valence-electron chi connectivity index (χ0n) is 21.6. The Morgan fingerprint density at radius 1 is 1.05 bits per heavy atom. The molecule has 40 heavy (non-hydrogen) atoms. The second kappa shape index (κ2) is 9.98. The summed E-state index contributed by atoms with van der Waals surface area (Å²) in [5, 5.41) is 2.62. The Bertz CT molecular complexity index is 1620. The Morgan fingerprint density at radius 3 is 2.50 bits per heavy atom. The Kier molecular flexibility index (Phi) is 6.65. The van der Waals surface area contributed by atoms with Crippen molar-refractivity contribution < 1.29 is 27.6 Å². The highest BCUT2D eigenvalue weighted by Crippen LogP contribution is 2.37. The molecule has 5 rings (SSSR count). The summed E-state index contributed by atoms with van der Waals surface area (Å²) in [5.74, 6) is -0.735. The van der Waals surface area contributed by atoms with Crippen LogP contribution in [0.25, 0.3) is 11.6 Å². The first-order chi connectivity index (χ1) is 18.9. The van der Waals surface area contributed by atoms with Crippen molar-refractivity contribution in [3.8, 4) is 0 Å². The lowest BCUT2D eigenvalue weighted by Gasteiger charge is -2.29. The minimum Gasteiger partial charge on any atom is -0.321 e. The SMILES string of the molecule is CC(=O)N(C(C)=O)c1ncc2c(n1)N1CCN=C1C(c1cc(NC(=O)c3cc(C(F)(F)F)ccn3)ccc1C)=C2. The number of amides is 3. The van der Waals surface area contributed by atoms with Crippen molar-refractivity contribution >= 4 is 52.7 Å². The van der Waals surface area contributed by atoms with Crippen LogP contribution < -0.4 is 15.1 Å². The molecule has 2 aliphatic heterocycles. The van der Waals surface area contributed by atoms with Gasteiger partial charge in [-0.15, -0.1) is 0 Å². The van der Waals surface area contributed by atoms with Gasteiger partial charge < -0.3 is 10.2 Å². The first-order valence-electron chi connectivity index (χ1n) is 12.1. The number of nitrogens with zero attached hydrogens (tertiary/aromatic N) is 6. The third-order valence-electron chi connectivity index (χ3n) is 6.36. The normalized spacial score (nSPS) is 14.1. The van der Waals surface area contributed by atoms with Gasteiger partial charge in [0.1, 0.15) is 17.3 Å². The van der Waals surface area contributed by atoms with E-state index in [1.807, 2.05) is 17.9 Å². The molecule has 3 aromatic rings. The third kappa shape index (κ3) is 4.93. The number of amidine groups is 1. The number of anilines is 3. The average Bonchev–Trinajstić information content (AvgIpc) is 3.39. The quantitative estimate of drug-likeness (QED) is 0.520. The van der Waals surface area contributed by atoms with Crippen LogP contribution in [0.2, 0.25) is 0 Å². The fraction of sp³-hybridized carbons (Fsp3) is 0.222. The summed E-state index contributed by atoms with van der Waals surface area (Å²) in [6, 6.07) is 6.62. The van der Waals surface area contributed by atoms with E-state index in [4.69, 9.17) is 0 Å². The molecule has 4 heterocycles. The van der Waals surface area contributed by atoms with Crippen LogP contribution in [0.4, 0.5) is 30.6 Å². The Hall–Kier alpha value is -4.94. The molecule has 0 spiro atoms. The van der Waals surface area contributed by atoms with E-state index in [1.54, 1.807) is 18.2 Å². The number of hydrogen-bond donors (Lipinski definition) is 1. The number of alkyl halides is 3. The van der Waals surface area contributed by atoms with Gasteiger partial charge in [0.05, 0.1) is 12.1 Å². The molecule has 1 aromatic carbocycles. The molecular formula is C27H22F3N7O3. The number of aromatic nitrogens is 3. The second-order valence-corrected chi connectivity index (χ2v) is 9.15. The van der Waals surface area contributed by atoms with E-state index in [2.05, 4.69) is 25.3 Å². The fourth-order valence-electron chi connectivity index (χ4n) is 4.52. The minimum absolute atomic E-state index is 0.0362. The topological polar surface area (TPSA) is 121 Å². The molecular weight excluding hydrogens is 527 g/mol. The molecule has 0 radical (unpaired) electrons. The molecule has 0 aliphatic carbocycles. The van der Waals surface area contributed by atoms with Crippen molar-refractivity contribution in [3.63, 3.8) is 0 Å². The van der Waals surface area contributed by atoms with E-state index in [1.165, 1.54) is 20.0 Å². The first-order valence-corrected chi connectivity index (χ1v) is 12.1. The summed E-state index contributed by atoms with van der Waals surface area (Å²) < 4.78 is 39.3. The molecule has 2 aliphatic rings. The number of nitrogens with one attached hydrogen (secondary N) is 1. The molecule has 204 valence electrons. The van der Waals surface area contributed by atoms with E-state index in [9.17, 15) is 27.6 Å². The van der Waals surface area contributed by atoms with Crippen LogP contribution in [0.3, 0.4) is 0 Å². The first kappa shape index (κ1) is 26.7. The highest BCUT2D eigenvalue weighted by Gasteiger charge is 2.33. The maximum absolute atomic E-state index is 13.1. The van der Waals surface area contributed by atoms with Crippen molar-refractivity contribution in [2.24, 2.45) is 4.99 Å². The van der Waals surface area contributed by atoms with Gasteiger partial charge in [0.15, 0.2) is 0 Å². The van der Waals surface area contributed by atoms with Crippen molar-refractivity contribution in [2.45, 2.75) is 26.9 Å². The lowest BCUT2D eigenvalue weighted by Crippen LogP contribution is -2.37. The summed E-state index contributed by atoms with van der Waals surface area (Å²) in [6.45, 7) is 5.37. The standard InChI is InChI=1S/C27H22F3N7O3/c1-14-4-5-19(34-25(40)22-11-18(6-7-31-22)27(28,29)30)12-20(14)21-10-17-13-33-26(37(15(2)38)16(3)39)35-23(17)36-9-8-32-24(21)36/h4-7,10-13H,8-9H2,1-3H3,(H,34,40). The number of hydrogen-bond acceptors (Lipinski definition) is 8. The monoisotopic (exact) mass is 549 g/mol. The molecule has 2 aromatic heterocycles. The summed E-state index contributed by atoms with van der Waals surface area (Å²) in [6.07, 6.45) is -0.317. The van der Waals surface area contributed by atoms with Gasteiger partial charge in [0.25, 0.3) is 5.91 Å². The van der Waals surface area contributed by atoms with Crippen molar-refractivity contribution in [1.82, 2.24) is 15.0 Å². The predicted molar refractivity (Wildman–Crippen MR) is 142 cm³/mol. The Balaban J connectivity index is 1.50. The van der Waals surface area contributed by atoms with Gasteiger partial charge >= 0.3 is 6.18 Å². The van der Waals surface area contributed by atoms with Crippen LogP contribution in [0.5, 0.6) is 0 Å². The van der Waals surface area contributed by atoms with E-state index >= 15 is 0 Å². The van der Waals surface area contributed by atoms with Gasteiger partial charge in [-0.3, -0.25) is 24.4 Å². The molecule has 3 amide bonds. The van der Waals surface area contributed by atoms with Crippen LogP contribution >= 0.6 is 0 Å². The molecule has 0 atom stereocenters. The third-order valence-corrected chi connectivity index (χ3v) is 6.36. The highest BCUT2D eigenvalue weighted by molar-refractivity contribution is 6.36. The Labute approximate surface area is 226 Å². The molecule has 0 saturated heterocycles. The zero-order valence-corrected chi connectivity index (χ0v) is 21.6. The van der Waals surface area contributed by atoms with Crippen molar-refractivity contribution in [2.75, 3.05) is 28.2 Å². The number of carbonyl (C=O) groups is 3. The van der Waals surface area contributed by atoms with Gasteiger partial charge in [0.2, 0.25) is 17.8 Å². The van der Waals surface area contributed by atoms with E-state index in [0.29, 0.717) is 42.1 Å². The van der Waals surface area contributed by atoms with E-state index < -0.39 is 29.5 Å². The van der Waals surface area contributed by atoms with Crippen LogP contribution in [0.15, 0.2) is 47.7 Å². The van der Waals surface area contributed by atoms with Gasteiger partial charge in [-0.2, -0.15) is 18.2 Å². The molecule has 0 unspecified atom stereocenters. The average molecular weight is 550 g/mol. The molecule has 10 nitrogen and oxygen atoms in total. The number of imide groups is 1. The van der Waals surface area contributed by atoms with Gasteiger partial charge in [0, 0.05) is 49.6 Å². The maximum Gasteiger partial charge on any atom is 0.416 e. The highest BCUT2D eigenvalue weighted by atomic mass is 19.4. The number of carbonyl (C=O) groups excluding carboxylic acids is 3. The van der Waals surface area contributed by atoms with Gasteiger partial charge in [-0.05, 0) is 48.4 Å². The van der Waals surface area contributed by atoms with Crippen molar-refractivity contribution in [1.29, 1.82) is 0 Å². The molecule has 0 saturated carbocycles. The fourth-order valence-corrected chi connectivity index (χ4v) is 4.52. The van der Waals surface area contributed by atoms with Crippen LogP contribution in [0, 0.1) is 6.92 Å².